The van der Waals surface area contributed by atoms with Crippen LogP contribution in [0.5, 0.6) is 0 Å². The highest BCUT2D eigenvalue weighted by atomic mass is 32.2. The molecule has 0 aliphatic carbocycles. The summed E-state index contributed by atoms with van der Waals surface area (Å²) in [6.07, 6.45) is 0. The van der Waals surface area contributed by atoms with Crippen LogP contribution in [0.4, 0.5) is 0 Å². The summed E-state index contributed by atoms with van der Waals surface area (Å²) in [7, 11) is 0. The van der Waals surface area contributed by atoms with Crippen LogP contribution < -0.4 is 5.32 Å². The van der Waals surface area contributed by atoms with Gasteiger partial charge < -0.3 is 5.32 Å². The molecule has 1 N–H and O–H groups in total. The Hall–Kier alpha value is 0.290. The molecular weight excluding hydrogens is 276 g/mol. The molecule has 0 radical (unpaired) electrons. The second-order valence-electron chi connectivity index (χ2n) is 7.48. The summed E-state index contributed by atoms with van der Waals surface area (Å²) in [5.41, 5.74) is 0.0941. The zero-order valence-corrected chi connectivity index (χ0v) is 14.8. The first-order valence-corrected chi connectivity index (χ1v) is 8.07. The molecule has 0 spiro atoms. The quantitative estimate of drug-likeness (QED) is 0.781. The molecule has 19 heavy (non-hydrogen) atoms. The Morgan fingerprint density at radius 1 is 1.37 bits per heavy atom. The molecule has 1 aliphatic heterocycles. The van der Waals surface area contributed by atoms with E-state index in [1.807, 2.05) is 0 Å². The Balaban J connectivity index is 2.55. The van der Waals surface area contributed by atoms with E-state index in [1.165, 1.54) is 11.8 Å². The summed E-state index contributed by atoms with van der Waals surface area (Å²) in [6, 6.07) is 0. The molecule has 0 bridgehead atoms. The van der Waals surface area contributed by atoms with Gasteiger partial charge >= 0.3 is 0 Å². The second kappa shape index (κ2) is 5.96. The zero-order chi connectivity index (χ0) is 14.9. The van der Waals surface area contributed by atoms with Gasteiger partial charge in [0, 0.05) is 34.7 Å². The van der Waals surface area contributed by atoms with Crippen molar-refractivity contribution in [3.63, 3.8) is 0 Å². The van der Waals surface area contributed by atoms with Gasteiger partial charge in [0.15, 0.2) is 0 Å². The first-order valence-electron chi connectivity index (χ1n) is 6.80. The van der Waals surface area contributed by atoms with Crippen molar-refractivity contribution < 1.29 is 4.79 Å². The third kappa shape index (κ3) is 7.02. The molecule has 1 atom stereocenters. The molecule has 0 aromatic heterocycles. The van der Waals surface area contributed by atoms with Gasteiger partial charge in [0.05, 0.1) is 6.54 Å². The lowest BCUT2D eigenvalue weighted by molar-refractivity contribution is -0.112. The van der Waals surface area contributed by atoms with Crippen LogP contribution in [0.2, 0.25) is 0 Å². The van der Waals surface area contributed by atoms with Crippen molar-refractivity contribution in [3.8, 4) is 0 Å². The fraction of sp³-hybridized carbons (Fsp3) is 0.929. The van der Waals surface area contributed by atoms with Crippen molar-refractivity contribution in [1.82, 2.24) is 10.2 Å². The number of thiol groups is 1. The highest BCUT2D eigenvalue weighted by Crippen LogP contribution is 2.31. The number of nitrogens with zero attached hydrogens (tertiary/aromatic N) is 1. The van der Waals surface area contributed by atoms with Crippen molar-refractivity contribution in [2.24, 2.45) is 0 Å². The summed E-state index contributed by atoms with van der Waals surface area (Å²) in [4.78, 5) is 14.0. The largest absolute Gasteiger partial charge is 0.311 e. The minimum Gasteiger partial charge on any atom is -0.311 e. The van der Waals surface area contributed by atoms with Gasteiger partial charge in [0.25, 0.3) is 0 Å². The molecule has 0 amide bonds. The van der Waals surface area contributed by atoms with Gasteiger partial charge in [-0.05, 0) is 41.5 Å². The van der Waals surface area contributed by atoms with E-state index in [-0.39, 0.29) is 20.1 Å². The molecule has 0 aromatic rings. The summed E-state index contributed by atoms with van der Waals surface area (Å²) in [5.74, 6) is 0. The maximum absolute atomic E-state index is 11.8. The van der Waals surface area contributed by atoms with Crippen LogP contribution in [0.3, 0.4) is 0 Å². The molecule has 3 nitrogen and oxygen atoms in total. The SMILES string of the molecule is CC(S)(CNC(C)(C)C)CN1CC(=O)SC(C)(C)C1. The lowest BCUT2D eigenvalue weighted by atomic mass is 10.0. The van der Waals surface area contributed by atoms with E-state index in [2.05, 4.69) is 51.8 Å². The van der Waals surface area contributed by atoms with E-state index in [9.17, 15) is 4.79 Å². The molecule has 112 valence electrons. The van der Waals surface area contributed by atoms with Crippen molar-refractivity contribution in [3.05, 3.63) is 0 Å². The number of nitrogens with one attached hydrogen (secondary N) is 1. The second-order valence-corrected chi connectivity index (χ2v) is 10.3. The van der Waals surface area contributed by atoms with Crippen molar-refractivity contribution >= 4 is 29.5 Å². The Labute approximate surface area is 127 Å². The molecule has 1 heterocycles. The van der Waals surface area contributed by atoms with Crippen LogP contribution in [-0.4, -0.2) is 51.2 Å². The maximum atomic E-state index is 11.8. The van der Waals surface area contributed by atoms with Crippen LogP contribution >= 0.6 is 24.4 Å². The standard InChI is InChI=1S/C14H28N2OS2/c1-12(2,3)15-8-14(6,18)10-16-7-11(17)19-13(4,5)9-16/h15,18H,7-10H2,1-6H3. The Morgan fingerprint density at radius 2 is 1.95 bits per heavy atom. The van der Waals surface area contributed by atoms with Gasteiger partial charge in [-0.25, -0.2) is 0 Å². The normalized spacial score (nSPS) is 24.3. The number of thioether (sulfide) groups is 1. The average Bonchev–Trinajstić information content (AvgIpc) is 2.09. The predicted octanol–water partition coefficient (Wildman–Crippen LogP) is 2.42. The number of hydrogen-bond acceptors (Lipinski definition) is 5. The third-order valence-corrected chi connectivity index (χ3v) is 4.25. The maximum Gasteiger partial charge on any atom is 0.203 e. The lowest BCUT2D eigenvalue weighted by Crippen LogP contribution is -2.53. The van der Waals surface area contributed by atoms with E-state index >= 15 is 0 Å². The molecular formula is C14H28N2OS2. The van der Waals surface area contributed by atoms with Gasteiger partial charge in [-0.2, -0.15) is 12.6 Å². The zero-order valence-electron chi connectivity index (χ0n) is 13.0. The smallest absolute Gasteiger partial charge is 0.203 e. The van der Waals surface area contributed by atoms with Gasteiger partial charge in [-0.3, -0.25) is 9.69 Å². The Kier molecular flexibility index (Phi) is 5.44. The number of hydrogen-bond donors (Lipinski definition) is 2. The minimum atomic E-state index is -0.133. The van der Waals surface area contributed by atoms with Crippen LogP contribution in [0, 0.1) is 0 Å². The fourth-order valence-electron chi connectivity index (χ4n) is 2.25. The molecule has 1 saturated heterocycles. The molecule has 5 heteroatoms. The number of carbonyl (C=O) groups is 1. The highest BCUT2D eigenvalue weighted by molar-refractivity contribution is 8.14. The van der Waals surface area contributed by atoms with Crippen LogP contribution in [-0.2, 0) is 4.79 Å². The average molecular weight is 305 g/mol. The van der Waals surface area contributed by atoms with Gasteiger partial charge in [-0.15, -0.1) is 0 Å². The fourth-order valence-corrected chi connectivity index (χ4v) is 3.64. The van der Waals surface area contributed by atoms with Gasteiger partial charge in [0.1, 0.15) is 0 Å². The first-order chi connectivity index (χ1) is 8.39. The van der Waals surface area contributed by atoms with Crippen LogP contribution in [0.15, 0.2) is 0 Å². The Bertz CT molecular complexity index is 335. The van der Waals surface area contributed by atoms with Crippen LogP contribution in [0.1, 0.15) is 41.5 Å². The number of rotatable bonds is 4. The molecule has 1 unspecified atom stereocenters. The molecule has 1 rings (SSSR count). The van der Waals surface area contributed by atoms with E-state index in [0.29, 0.717) is 6.54 Å². The summed E-state index contributed by atoms with van der Waals surface area (Å²) in [6.45, 7) is 16.0. The predicted molar refractivity (Wildman–Crippen MR) is 88.3 cm³/mol. The summed E-state index contributed by atoms with van der Waals surface area (Å²) in [5, 5.41) is 3.76. The monoisotopic (exact) mass is 304 g/mol. The van der Waals surface area contributed by atoms with Crippen molar-refractivity contribution in [2.75, 3.05) is 26.2 Å². The van der Waals surface area contributed by atoms with Gasteiger partial charge in [0.2, 0.25) is 5.12 Å². The van der Waals surface area contributed by atoms with Gasteiger partial charge in [-0.1, -0.05) is 11.8 Å². The number of carbonyl (C=O) groups excluding carboxylic acids is 1. The summed E-state index contributed by atoms with van der Waals surface area (Å²) < 4.78 is -0.123. The molecule has 1 fully saturated rings. The molecule has 0 aromatic carbocycles. The van der Waals surface area contributed by atoms with Crippen molar-refractivity contribution in [1.29, 1.82) is 0 Å². The van der Waals surface area contributed by atoms with E-state index in [0.717, 1.165) is 19.6 Å². The summed E-state index contributed by atoms with van der Waals surface area (Å²) >= 11 is 6.24. The van der Waals surface area contributed by atoms with E-state index in [4.69, 9.17) is 12.6 Å². The highest BCUT2D eigenvalue weighted by Gasteiger charge is 2.35. The topological polar surface area (TPSA) is 32.3 Å². The third-order valence-electron chi connectivity index (χ3n) is 2.91. The van der Waals surface area contributed by atoms with Crippen LogP contribution in [0.25, 0.3) is 0 Å². The first kappa shape index (κ1) is 17.3. The van der Waals surface area contributed by atoms with E-state index < -0.39 is 0 Å². The molecule has 0 saturated carbocycles. The minimum absolute atomic E-state index is 0.0106. The van der Waals surface area contributed by atoms with Crippen molar-refractivity contribution in [2.45, 2.75) is 56.6 Å². The lowest BCUT2D eigenvalue weighted by Gasteiger charge is -2.40. The van der Waals surface area contributed by atoms with E-state index in [1.54, 1.807) is 0 Å². The Morgan fingerprint density at radius 3 is 2.42 bits per heavy atom. The molecule has 1 aliphatic rings.